The number of aliphatic hydroxyl groups is 1. The molecule has 170 valence electrons. The molecule has 0 bridgehead atoms. The van der Waals surface area contributed by atoms with Gasteiger partial charge in [-0.15, -0.1) is 0 Å². The predicted molar refractivity (Wildman–Crippen MR) is 128 cm³/mol. The van der Waals surface area contributed by atoms with E-state index >= 15 is 0 Å². The van der Waals surface area contributed by atoms with Gasteiger partial charge in [0, 0.05) is 18.2 Å². The minimum absolute atomic E-state index is 0.234. The van der Waals surface area contributed by atoms with Crippen molar-refractivity contribution < 1.29 is 14.7 Å². The molecule has 2 aromatic carbocycles. The van der Waals surface area contributed by atoms with Gasteiger partial charge in [0.05, 0.1) is 23.4 Å². The van der Waals surface area contributed by atoms with Crippen molar-refractivity contribution in [1.29, 1.82) is 0 Å². The maximum absolute atomic E-state index is 13.3. The van der Waals surface area contributed by atoms with Crippen molar-refractivity contribution in [3.63, 3.8) is 0 Å². The summed E-state index contributed by atoms with van der Waals surface area (Å²) in [5.41, 5.74) is 3.09. The first-order valence-corrected chi connectivity index (χ1v) is 11.3. The van der Waals surface area contributed by atoms with Crippen molar-refractivity contribution in [2.45, 2.75) is 52.3 Å². The number of amides is 2. The van der Waals surface area contributed by atoms with Crippen molar-refractivity contribution in [3.8, 4) is 0 Å². The highest BCUT2D eigenvalue weighted by Gasteiger charge is 2.34. The van der Waals surface area contributed by atoms with Crippen molar-refractivity contribution in [2.75, 3.05) is 11.9 Å². The molecule has 0 fully saturated rings. The predicted octanol–water partition coefficient (Wildman–Crippen LogP) is 3.77. The third-order valence-electron chi connectivity index (χ3n) is 5.78. The Bertz CT molecular complexity index is 971. The van der Waals surface area contributed by atoms with Crippen molar-refractivity contribution in [1.82, 2.24) is 5.32 Å². The van der Waals surface area contributed by atoms with Crippen LogP contribution in [-0.2, 0) is 9.59 Å². The number of nitrogens with one attached hydrogen (secondary N) is 1. The van der Waals surface area contributed by atoms with Crippen LogP contribution in [0.25, 0.3) is 0 Å². The Labute approximate surface area is 190 Å². The Balaban J connectivity index is 2.00. The molecular weight excluding hydrogens is 402 g/mol. The van der Waals surface area contributed by atoms with Crippen molar-refractivity contribution in [3.05, 3.63) is 65.7 Å². The van der Waals surface area contributed by atoms with E-state index in [0.29, 0.717) is 18.6 Å². The summed E-state index contributed by atoms with van der Waals surface area (Å²) in [5.74, 6) is -1.01. The van der Waals surface area contributed by atoms with Gasteiger partial charge in [0.25, 0.3) is 5.91 Å². The second kappa shape index (κ2) is 10.6. The maximum Gasteiger partial charge on any atom is 0.272 e. The molecular formula is C26H33N3O3. The molecule has 1 aliphatic heterocycles. The fourth-order valence-electron chi connectivity index (χ4n) is 4.13. The molecule has 0 aliphatic carbocycles. The van der Waals surface area contributed by atoms with E-state index in [1.54, 1.807) is 11.9 Å². The first-order valence-electron chi connectivity index (χ1n) is 11.3. The molecule has 0 aromatic heterocycles. The van der Waals surface area contributed by atoms with Crippen LogP contribution in [0, 0.1) is 11.8 Å². The lowest BCUT2D eigenvalue weighted by Crippen LogP contribution is -2.49. The molecule has 0 spiro atoms. The van der Waals surface area contributed by atoms with Gasteiger partial charge in [-0.3, -0.25) is 9.59 Å². The van der Waals surface area contributed by atoms with Crippen LogP contribution in [0.3, 0.4) is 0 Å². The highest BCUT2D eigenvalue weighted by atomic mass is 16.3. The molecule has 1 aliphatic rings. The number of carbonyl (C=O) groups excluding carboxylic acids is 2. The van der Waals surface area contributed by atoms with Crippen molar-refractivity contribution in [2.24, 2.45) is 16.8 Å². The SMILES string of the molecule is CCC[C@H](O)C(CC(C)C)C(=O)NC1N=C(c2ccccc2)c2ccccc2N(C)C1=O. The third kappa shape index (κ3) is 5.25. The third-order valence-corrected chi connectivity index (χ3v) is 5.78. The molecule has 1 heterocycles. The number of carbonyl (C=O) groups is 2. The normalized spacial score (nSPS) is 17.9. The molecule has 0 radical (unpaired) electrons. The number of anilines is 1. The highest BCUT2D eigenvalue weighted by Crippen LogP contribution is 2.27. The summed E-state index contributed by atoms with van der Waals surface area (Å²) < 4.78 is 0. The molecule has 2 aromatic rings. The Morgan fingerprint density at radius 3 is 2.44 bits per heavy atom. The number of aliphatic imine (C=N–C) groups is 1. The summed E-state index contributed by atoms with van der Waals surface area (Å²) in [4.78, 5) is 32.8. The van der Waals surface area contributed by atoms with Crippen LogP contribution >= 0.6 is 0 Å². The monoisotopic (exact) mass is 435 g/mol. The molecule has 2 unspecified atom stereocenters. The van der Waals surface area contributed by atoms with Crippen LogP contribution < -0.4 is 10.2 Å². The Morgan fingerprint density at radius 2 is 1.78 bits per heavy atom. The van der Waals surface area contributed by atoms with Gasteiger partial charge in [0.15, 0.2) is 0 Å². The Kier molecular flexibility index (Phi) is 7.80. The van der Waals surface area contributed by atoms with Gasteiger partial charge in [-0.25, -0.2) is 4.99 Å². The van der Waals surface area contributed by atoms with E-state index in [0.717, 1.165) is 23.2 Å². The second-order valence-electron chi connectivity index (χ2n) is 8.76. The average Bonchev–Trinajstić information content (AvgIpc) is 2.89. The summed E-state index contributed by atoms with van der Waals surface area (Å²) in [6.07, 6.45) is 0.0288. The zero-order valence-electron chi connectivity index (χ0n) is 19.3. The van der Waals surface area contributed by atoms with Crippen LogP contribution in [-0.4, -0.2) is 41.9 Å². The Hall–Kier alpha value is -2.99. The lowest BCUT2D eigenvalue weighted by Gasteiger charge is -2.26. The number of fused-ring (bicyclic) bond motifs is 1. The highest BCUT2D eigenvalue weighted by molar-refractivity contribution is 6.20. The second-order valence-corrected chi connectivity index (χ2v) is 8.76. The molecule has 32 heavy (non-hydrogen) atoms. The number of benzene rings is 2. The number of hydrogen-bond donors (Lipinski definition) is 2. The van der Waals surface area contributed by atoms with E-state index in [-0.39, 0.29) is 17.7 Å². The summed E-state index contributed by atoms with van der Waals surface area (Å²) in [6, 6.07) is 17.2. The standard InChI is InChI=1S/C26H33N3O3/c1-5-11-22(30)20(16-17(2)3)25(31)28-24-26(32)29(4)21-15-10-9-14-19(21)23(27-24)18-12-7-6-8-13-18/h6-10,12-15,17,20,22,24,30H,5,11,16H2,1-4H3,(H,28,31)/t20?,22-,24?/m0/s1. The molecule has 6 nitrogen and oxygen atoms in total. The quantitative estimate of drug-likeness (QED) is 0.662. The Morgan fingerprint density at radius 1 is 1.12 bits per heavy atom. The number of hydrogen-bond acceptors (Lipinski definition) is 4. The topological polar surface area (TPSA) is 82.0 Å². The molecule has 3 atom stereocenters. The lowest BCUT2D eigenvalue weighted by atomic mass is 9.89. The van der Waals surface area contributed by atoms with Gasteiger partial charge in [0.1, 0.15) is 0 Å². The molecule has 6 heteroatoms. The summed E-state index contributed by atoms with van der Waals surface area (Å²) in [6.45, 7) is 6.02. The van der Waals surface area contributed by atoms with E-state index in [1.807, 2.05) is 75.4 Å². The zero-order valence-corrected chi connectivity index (χ0v) is 19.3. The number of aliphatic hydroxyl groups excluding tert-OH is 1. The van der Waals surface area contributed by atoms with Gasteiger partial charge < -0.3 is 15.3 Å². The molecule has 2 N–H and O–H groups in total. The maximum atomic E-state index is 13.3. The summed E-state index contributed by atoms with van der Waals surface area (Å²) >= 11 is 0. The van der Waals surface area contributed by atoms with Gasteiger partial charge in [-0.1, -0.05) is 75.7 Å². The summed E-state index contributed by atoms with van der Waals surface area (Å²) in [7, 11) is 1.70. The fourth-order valence-corrected chi connectivity index (χ4v) is 4.13. The van der Waals surface area contributed by atoms with Gasteiger partial charge in [-0.05, 0) is 24.8 Å². The number of likely N-dealkylation sites (N-methyl/N-ethyl adjacent to an activating group) is 1. The van der Waals surface area contributed by atoms with Crippen LogP contribution in [0.5, 0.6) is 0 Å². The minimum atomic E-state index is -1.07. The van der Waals surface area contributed by atoms with Crippen LogP contribution in [0.4, 0.5) is 5.69 Å². The zero-order chi connectivity index (χ0) is 23.3. The van der Waals surface area contributed by atoms with E-state index in [1.165, 1.54) is 0 Å². The lowest BCUT2D eigenvalue weighted by molar-refractivity contribution is -0.133. The first kappa shape index (κ1) is 23.7. The summed E-state index contributed by atoms with van der Waals surface area (Å²) in [5, 5.41) is 13.5. The molecule has 0 saturated heterocycles. The number of rotatable bonds is 8. The van der Waals surface area contributed by atoms with E-state index in [4.69, 9.17) is 4.99 Å². The molecule has 2 amide bonds. The van der Waals surface area contributed by atoms with E-state index in [9.17, 15) is 14.7 Å². The number of nitrogens with zero attached hydrogens (tertiary/aromatic N) is 2. The van der Waals surface area contributed by atoms with Gasteiger partial charge in [0.2, 0.25) is 12.1 Å². The average molecular weight is 436 g/mol. The van der Waals surface area contributed by atoms with Gasteiger partial charge >= 0.3 is 0 Å². The first-order chi connectivity index (χ1) is 15.3. The largest absolute Gasteiger partial charge is 0.392 e. The minimum Gasteiger partial charge on any atom is -0.392 e. The van der Waals surface area contributed by atoms with Crippen LogP contribution in [0.15, 0.2) is 59.6 Å². The van der Waals surface area contributed by atoms with E-state index in [2.05, 4.69) is 5.32 Å². The smallest absolute Gasteiger partial charge is 0.272 e. The van der Waals surface area contributed by atoms with E-state index < -0.39 is 18.2 Å². The molecule has 3 rings (SSSR count). The van der Waals surface area contributed by atoms with Crippen LogP contribution in [0.1, 0.15) is 51.2 Å². The number of para-hydroxylation sites is 1. The van der Waals surface area contributed by atoms with Gasteiger partial charge in [-0.2, -0.15) is 0 Å². The fraction of sp³-hybridized carbons (Fsp3) is 0.423. The number of benzodiazepines with no additional fused rings is 1. The van der Waals surface area contributed by atoms with Crippen molar-refractivity contribution >= 4 is 23.2 Å². The van der Waals surface area contributed by atoms with Crippen LogP contribution in [0.2, 0.25) is 0 Å². The molecule has 0 saturated carbocycles.